The van der Waals surface area contributed by atoms with Crippen molar-refractivity contribution in [2.24, 2.45) is 11.7 Å². The minimum absolute atomic E-state index is 0.0416. The van der Waals surface area contributed by atoms with Crippen molar-refractivity contribution in [1.29, 1.82) is 0 Å². The molecule has 2 amide bonds. The molecule has 0 aromatic heterocycles. The lowest BCUT2D eigenvalue weighted by Crippen LogP contribution is -2.48. The van der Waals surface area contributed by atoms with Gasteiger partial charge in [-0.15, -0.1) is 0 Å². The first-order valence-electron chi connectivity index (χ1n) is 8.90. The van der Waals surface area contributed by atoms with Gasteiger partial charge in [-0.1, -0.05) is 30.3 Å². The molecule has 1 aromatic carbocycles. The summed E-state index contributed by atoms with van der Waals surface area (Å²) in [5, 5.41) is 0. The van der Waals surface area contributed by atoms with Crippen LogP contribution < -0.4 is 5.73 Å². The molecule has 0 radical (unpaired) electrons. The van der Waals surface area contributed by atoms with E-state index in [4.69, 9.17) is 10.5 Å². The van der Waals surface area contributed by atoms with Gasteiger partial charge >= 0.3 is 6.09 Å². The van der Waals surface area contributed by atoms with Crippen LogP contribution in [0.15, 0.2) is 30.3 Å². The molecule has 1 unspecified atom stereocenters. The minimum Gasteiger partial charge on any atom is -0.445 e. The SMILES string of the molecule is CC(C)N(CC1CCN(C(=O)OCc2ccccc2)C1)C(=O)[C@H](C)N. The summed E-state index contributed by atoms with van der Waals surface area (Å²) in [4.78, 5) is 28.0. The molecule has 6 nitrogen and oxygen atoms in total. The van der Waals surface area contributed by atoms with Crippen molar-refractivity contribution in [2.75, 3.05) is 19.6 Å². The van der Waals surface area contributed by atoms with Crippen LogP contribution in [0.5, 0.6) is 0 Å². The number of carbonyl (C=O) groups is 2. The average Bonchev–Trinajstić information content (AvgIpc) is 3.06. The second-order valence-corrected chi connectivity index (χ2v) is 7.01. The van der Waals surface area contributed by atoms with E-state index in [2.05, 4.69) is 0 Å². The Labute approximate surface area is 149 Å². The Hall–Kier alpha value is -2.08. The Balaban J connectivity index is 1.83. The molecule has 0 spiro atoms. The van der Waals surface area contributed by atoms with Crippen LogP contribution in [0.1, 0.15) is 32.8 Å². The van der Waals surface area contributed by atoms with Crippen LogP contribution in [0.25, 0.3) is 0 Å². The molecule has 2 rings (SSSR count). The number of amides is 2. The predicted octanol–water partition coefficient (Wildman–Crippen LogP) is 2.23. The Morgan fingerprint density at radius 2 is 1.96 bits per heavy atom. The molecule has 138 valence electrons. The van der Waals surface area contributed by atoms with Gasteiger partial charge in [-0.3, -0.25) is 4.79 Å². The molecule has 0 aliphatic carbocycles. The molecule has 1 aliphatic rings. The van der Waals surface area contributed by atoms with Crippen LogP contribution in [0.2, 0.25) is 0 Å². The van der Waals surface area contributed by atoms with E-state index in [0.717, 1.165) is 12.0 Å². The van der Waals surface area contributed by atoms with Crippen molar-refractivity contribution in [3.8, 4) is 0 Å². The van der Waals surface area contributed by atoms with Crippen LogP contribution in [0.4, 0.5) is 4.79 Å². The fourth-order valence-corrected chi connectivity index (χ4v) is 3.05. The first kappa shape index (κ1) is 19.2. The van der Waals surface area contributed by atoms with Gasteiger partial charge in [0.05, 0.1) is 6.04 Å². The first-order chi connectivity index (χ1) is 11.9. The Morgan fingerprint density at radius 3 is 2.56 bits per heavy atom. The summed E-state index contributed by atoms with van der Waals surface area (Å²) < 4.78 is 5.38. The summed E-state index contributed by atoms with van der Waals surface area (Å²) in [5.74, 6) is 0.217. The summed E-state index contributed by atoms with van der Waals surface area (Å²) >= 11 is 0. The lowest BCUT2D eigenvalue weighted by molar-refractivity contribution is -0.134. The molecule has 6 heteroatoms. The number of ether oxygens (including phenoxy) is 1. The van der Waals surface area contributed by atoms with Gasteiger partial charge in [0.1, 0.15) is 6.61 Å². The fraction of sp³-hybridized carbons (Fsp3) is 0.579. The molecule has 0 bridgehead atoms. The van der Waals surface area contributed by atoms with Gasteiger partial charge in [-0.25, -0.2) is 4.79 Å². The smallest absolute Gasteiger partial charge is 0.410 e. The highest BCUT2D eigenvalue weighted by atomic mass is 16.6. The minimum atomic E-state index is -0.504. The molecule has 25 heavy (non-hydrogen) atoms. The summed E-state index contributed by atoms with van der Waals surface area (Å²) in [5.41, 5.74) is 6.72. The van der Waals surface area contributed by atoms with Crippen LogP contribution in [-0.4, -0.2) is 53.5 Å². The van der Waals surface area contributed by atoms with Crippen molar-refractivity contribution >= 4 is 12.0 Å². The van der Waals surface area contributed by atoms with Crippen molar-refractivity contribution in [3.05, 3.63) is 35.9 Å². The molecular weight excluding hydrogens is 318 g/mol. The molecule has 1 aliphatic heterocycles. The number of nitrogens with zero attached hydrogens (tertiary/aromatic N) is 2. The van der Waals surface area contributed by atoms with Crippen molar-refractivity contribution in [1.82, 2.24) is 9.80 Å². The predicted molar refractivity (Wildman–Crippen MR) is 96.8 cm³/mol. The van der Waals surface area contributed by atoms with Crippen molar-refractivity contribution in [3.63, 3.8) is 0 Å². The highest BCUT2D eigenvalue weighted by Crippen LogP contribution is 2.20. The Bertz CT molecular complexity index is 575. The highest BCUT2D eigenvalue weighted by molar-refractivity contribution is 5.81. The van der Waals surface area contributed by atoms with E-state index in [1.165, 1.54) is 0 Å². The summed E-state index contributed by atoms with van der Waals surface area (Å²) in [6, 6.07) is 9.23. The third kappa shape index (κ3) is 5.46. The van der Waals surface area contributed by atoms with E-state index in [0.29, 0.717) is 19.6 Å². The maximum Gasteiger partial charge on any atom is 0.410 e. The highest BCUT2D eigenvalue weighted by Gasteiger charge is 2.31. The molecule has 2 atom stereocenters. The quantitative estimate of drug-likeness (QED) is 0.856. The largest absolute Gasteiger partial charge is 0.445 e. The Kier molecular flexibility index (Phi) is 6.82. The van der Waals surface area contributed by atoms with E-state index in [1.54, 1.807) is 11.8 Å². The zero-order valence-electron chi connectivity index (χ0n) is 15.4. The normalized spacial score (nSPS) is 18.3. The van der Waals surface area contributed by atoms with Gasteiger partial charge in [0, 0.05) is 25.7 Å². The standard InChI is InChI=1S/C19H29N3O3/c1-14(2)22(18(23)15(3)20)12-17-9-10-21(11-17)19(24)25-13-16-7-5-4-6-8-16/h4-8,14-15,17H,9-13,20H2,1-3H3/t15-,17?/m0/s1. The third-order valence-corrected chi connectivity index (χ3v) is 4.50. The molecule has 1 heterocycles. The van der Waals surface area contributed by atoms with Gasteiger partial charge in [0.25, 0.3) is 0 Å². The molecule has 0 saturated carbocycles. The van der Waals surface area contributed by atoms with E-state index < -0.39 is 6.04 Å². The number of rotatable bonds is 6. The van der Waals surface area contributed by atoms with Crippen molar-refractivity contribution in [2.45, 2.75) is 45.9 Å². The average molecular weight is 347 g/mol. The monoisotopic (exact) mass is 347 g/mol. The van der Waals surface area contributed by atoms with E-state index >= 15 is 0 Å². The second kappa shape index (κ2) is 8.85. The summed E-state index contributed by atoms with van der Waals surface area (Å²) in [6.45, 7) is 7.87. The fourth-order valence-electron chi connectivity index (χ4n) is 3.05. The number of carbonyl (C=O) groups excluding carboxylic acids is 2. The summed E-state index contributed by atoms with van der Waals surface area (Å²) in [7, 11) is 0. The number of hydrogen-bond donors (Lipinski definition) is 1. The van der Waals surface area contributed by atoms with Gasteiger partial charge in [0.15, 0.2) is 0 Å². The van der Waals surface area contributed by atoms with E-state index in [-0.39, 0.29) is 30.6 Å². The summed E-state index contributed by atoms with van der Waals surface area (Å²) in [6.07, 6.45) is 0.580. The van der Waals surface area contributed by atoms with Crippen LogP contribution in [0, 0.1) is 5.92 Å². The molecule has 2 N–H and O–H groups in total. The lowest BCUT2D eigenvalue weighted by atomic mass is 10.1. The third-order valence-electron chi connectivity index (χ3n) is 4.50. The van der Waals surface area contributed by atoms with Crippen LogP contribution in [-0.2, 0) is 16.1 Å². The van der Waals surface area contributed by atoms with Gasteiger partial charge in [-0.2, -0.15) is 0 Å². The second-order valence-electron chi connectivity index (χ2n) is 7.01. The van der Waals surface area contributed by atoms with Crippen molar-refractivity contribution < 1.29 is 14.3 Å². The zero-order chi connectivity index (χ0) is 18.4. The number of likely N-dealkylation sites (tertiary alicyclic amines) is 1. The molecule has 1 aromatic rings. The van der Waals surface area contributed by atoms with Crippen LogP contribution >= 0.6 is 0 Å². The van der Waals surface area contributed by atoms with E-state index in [1.807, 2.05) is 49.1 Å². The molecular formula is C19H29N3O3. The van der Waals surface area contributed by atoms with Gasteiger partial charge < -0.3 is 20.3 Å². The molecule has 1 saturated heterocycles. The maximum absolute atomic E-state index is 12.2. The van der Waals surface area contributed by atoms with E-state index in [9.17, 15) is 9.59 Å². The topological polar surface area (TPSA) is 75.9 Å². The van der Waals surface area contributed by atoms with Crippen LogP contribution in [0.3, 0.4) is 0 Å². The Morgan fingerprint density at radius 1 is 1.28 bits per heavy atom. The maximum atomic E-state index is 12.2. The first-order valence-corrected chi connectivity index (χ1v) is 8.90. The molecule has 1 fully saturated rings. The van der Waals surface area contributed by atoms with Gasteiger partial charge in [-0.05, 0) is 38.7 Å². The van der Waals surface area contributed by atoms with Gasteiger partial charge in [0.2, 0.25) is 5.91 Å². The number of benzene rings is 1. The zero-order valence-corrected chi connectivity index (χ0v) is 15.4. The number of hydrogen-bond acceptors (Lipinski definition) is 4. The lowest BCUT2D eigenvalue weighted by Gasteiger charge is -2.30. The number of nitrogens with two attached hydrogens (primary N) is 1.